The first-order chi connectivity index (χ1) is 8.05. The van der Waals surface area contributed by atoms with E-state index >= 15 is 0 Å². The Morgan fingerprint density at radius 2 is 2.29 bits per heavy atom. The van der Waals surface area contributed by atoms with Gasteiger partial charge in [0.15, 0.2) is 0 Å². The van der Waals surface area contributed by atoms with Crippen LogP contribution in [-0.2, 0) is 12.2 Å². The van der Waals surface area contributed by atoms with Gasteiger partial charge >= 0.3 is 0 Å². The summed E-state index contributed by atoms with van der Waals surface area (Å²) in [6.07, 6.45) is 2.35. The second kappa shape index (κ2) is 5.29. The van der Waals surface area contributed by atoms with Crippen molar-refractivity contribution >= 4 is 23.1 Å². The molecule has 96 valence electrons. The van der Waals surface area contributed by atoms with Crippen molar-refractivity contribution in [2.75, 3.05) is 12.8 Å². The lowest BCUT2D eigenvalue weighted by Crippen LogP contribution is -2.30. The zero-order chi connectivity index (χ0) is 12.5. The summed E-state index contributed by atoms with van der Waals surface area (Å²) >= 11 is 3.88. The molecule has 2 rings (SSSR count). The van der Waals surface area contributed by atoms with Gasteiger partial charge in [0.05, 0.1) is 5.69 Å². The quantitative estimate of drug-likeness (QED) is 0.904. The van der Waals surface area contributed by atoms with Crippen molar-refractivity contribution in [3.8, 4) is 0 Å². The molecule has 0 saturated carbocycles. The molecule has 0 radical (unpaired) electrons. The summed E-state index contributed by atoms with van der Waals surface area (Å²) in [4.78, 5) is 6.32. The molecule has 1 unspecified atom stereocenters. The van der Waals surface area contributed by atoms with Gasteiger partial charge in [-0.2, -0.15) is 11.8 Å². The lowest BCUT2D eigenvalue weighted by molar-refractivity contribution is 0.265. The first kappa shape index (κ1) is 13.4. The van der Waals surface area contributed by atoms with Crippen molar-refractivity contribution in [1.82, 2.24) is 10.3 Å². The molecule has 0 aromatic carbocycles. The summed E-state index contributed by atoms with van der Waals surface area (Å²) < 4.78 is 0. The standard InChI is InChI=1S/C13H22N2S2/c1-5-16-8-11-15-10-7-13(2,3)6-9(14-4)12(10)17-11/h9,14H,5-8H2,1-4H3. The van der Waals surface area contributed by atoms with E-state index in [4.69, 9.17) is 4.98 Å². The van der Waals surface area contributed by atoms with Gasteiger partial charge < -0.3 is 5.32 Å². The van der Waals surface area contributed by atoms with E-state index < -0.39 is 0 Å². The van der Waals surface area contributed by atoms with E-state index in [2.05, 4.69) is 33.1 Å². The zero-order valence-electron chi connectivity index (χ0n) is 11.2. The zero-order valence-corrected chi connectivity index (χ0v) is 12.8. The molecule has 0 aliphatic heterocycles. The Kier molecular flexibility index (Phi) is 4.16. The molecule has 0 saturated heterocycles. The number of hydrogen-bond acceptors (Lipinski definition) is 4. The van der Waals surface area contributed by atoms with Crippen LogP contribution in [0.4, 0.5) is 0 Å². The summed E-state index contributed by atoms with van der Waals surface area (Å²) in [7, 11) is 2.07. The fraction of sp³-hybridized carbons (Fsp3) is 0.769. The predicted octanol–water partition coefficient (Wildman–Crippen LogP) is 3.63. The Bertz CT molecular complexity index is 385. The molecule has 0 spiro atoms. The lowest BCUT2D eigenvalue weighted by atomic mass is 9.76. The minimum absolute atomic E-state index is 0.379. The van der Waals surface area contributed by atoms with Gasteiger partial charge in [-0.15, -0.1) is 11.3 Å². The van der Waals surface area contributed by atoms with Gasteiger partial charge in [0.2, 0.25) is 0 Å². The maximum atomic E-state index is 4.84. The van der Waals surface area contributed by atoms with Gasteiger partial charge in [-0.1, -0.05) is 20.8 Å². The van der Waals surface area contributed by atoms with Gasteiger partial charge in [0, 0.05) is 16.7 Å². The SMILES string of the molecule is CCSCc1nc2c(s1)C(NC)CC(C)(C)C2. The molecule has 17 heavy (non-hydrogen) atoms. The van der Waals surface area contributed by atoms with E-state index in [1.807, 2.05) is 23.1 Å². The van der Waals surface area contributed by atoms with Gasteiger partial charge in [-0.05, 0) is 31.1 Å². The Balaban J connectivity index is 2.23. The Hall–Kier alpha value is -0.0600. The molecular weight excluding hydrogens is 248 g/mol. The number of aromatic nitrogens is 1. The third kappa shape index (κ3) is 3.04. The number of nitrogens with zero attached hydrogens (tertiary/aromatic N) is 1. The smallest absolute Gasteiger partial charge is 0.103 e. The van der Waals surface area contributed by atoms with E-state index in [1.54, 1.807) is 0 Å². The van der Waals surface area contributed by atoms with E-state index in [0.717, 1.165) is 12.2 Å². The van der Waals surface area contributed by atoms with Crippen LogP contribution in [0.1, 0.15) is 48.8 Å². The molecule has 4 heteroatoms. The molecule has 1 aliphatic carbocycles. The molecule has 1 N–H and O–H groups in total. The second-order valence-corrected chi connectivity index (χ2v) is 7.83. The van der Waals surface area contributed by atoms with Crippen LogP contribution in [0, 0.1) is 5.41 Å². The summed E-state index contributed by atoms with van der Waals surface area (Å²) in [6, 6.07) is 0.506. The third-order valence-corrected chi connectivity index (χ3v) is 5.55. The molecule has 1 aromatic rings. The minimum atomic E-state index is 0.379. The van der Waals surface area contributed by atoms with Crippen LogP contribution in [0.3, 0.4) is 0 Å². The first-order valence-electron chi connectivity index (χ1n) is 6.29. The molecule has 1 aliphatic rings. The van der Waals surface area contributed by atoms with Crippen LogP contribution in [0.25, 0.3) is 0 Å². The van der Waals surface area contributed by atoms with Crippen molar-refractivity contribution in [2.45, 2.75) is 45.4 Å². The number of hydrogen-bond donors (Lipinski definition) is 1. The summed E-state index contributed by atoms with van der Waals surface area (Å²) in [5, 5.41) is 4.75. The molecule has 2 nitrogen and oxygen atoms in total. The Labute approximate surface area is 113 Å². The summed E-state index contributed by atoms with van der Waals surface area (Å²) in [5.41, 5.74) is 1.72. The van der Waals surface area contributed by atoms with Crippen molar-refractivity contribution in [1.29, 1.82) is 0 Å². The Morgan fingerprint density at radius 3 is 2.94 bits per heavy atom. The van der Waals surface area contributed by atoms with Gasteiger partial charge in [0.25, 0.3) is 0 Å². The molecular formula is C13H22N2S2. The fourth-order valence-corrected chi connectivity index (χ4v) is 4.39. The molecule has 0 amide bonds. The number of fused-ring (bicyclic) bond motifs is 1. The first-order valence-corrected chi connectivity index (χ1v) is 8.26. The van der Waals surface area contributed by atoms with Crippen molar-refractivity contribution in [3.05, 3.63) is 15.6 Å². The topological polar surface area (TPSA) is 24.9 Å². The van der Waals surface area contributed by atoms with Crippen molar-refractivity contribution in [2.24, 2.45) is 5.41 Å². The van der Waals surface area contributed by atoms with Gasteiger partial charge in [-0.25, -0.2) is 4.98 Å². The van der Waals surface area contributed by atoms with Crippen LogP contribution in [0.2, 0.25) is 0 Å². The average Bonchev–Trinajstić information content (AvgIpc) is 2.66. The summed E-state index contributed by atoms with van der Waals surface area (Å²) in [6.45, 7) is 6.90. The highest BCUT2D eigenvalue weighted by molar-refractivity contribution is 7.98. The van der Waals surface area contributed by atoms with Gasteiger partial charge in [0.1, 0.15) is 5.01 Å². The average molecular weight is 270 g/mol. The van der Waals surface area contributed by atoms with Crippen LogP contribution in [0.15, 0.2) is 0 Å². The van der Waals surface area contributed by atoms with Crippen molar-refractivity contribution < 1.29 is 0 Å². The molecule has 0 bridgehead atoms. The van der Waals surface area contributed by atoms with E-state index in [9.17, 15) is 0 Å². The largest absolute Gasteiger partial charge is 0.312 e. The van der Waals surface area contributed by atoms with Crippen LogP contribution < -0.4 is 5.32 Å². The lowest BCUT2D eigenvalue weighted by Gasteiger charge is -2.34. The van der Waals surface area contributed by atoms with Crippen LogP contribution in [0.5, 0.6) is 0 Å². The number of thioether (sulfide) groups is 1. The maximum Gasteiger partial charge on any atom is 0.103 e. The highest BCUT2D eigenvalue weighted by atomic mass is 32.2. The highest BCUT2D eigenvalue weighted by Gasteiger charge is 2.34. The minimum Gasteiger partial charge on any atom is -0.312 e. The number of nitrogens with one attached hydrogen (secondary N) is 1. The highest BCUT2D eigenvalue weighted by Crippen LogP contribution is 2.43. The molecule has 0 fully saturated rings. The van der Waals surface area contributed by atoms with E-state index in [0.29, 0.717) is 11.5 Å². The number of rotatable bonds is 4. The second-order valence-electron chi connectivity index (χ2n) is 5.44. The Morgan fingerprint density at radius 1 is 1.53 bits per heavy atom. The molecule has 1 heterocycles. The normalized spacial score (nSPS) is 22.5. The van der Waals surface area contributed by atoms with Crippen LogP contribution >= 0.6 is 23.1 Å². The van der Waals surface area contributed by atoms with E-state index in [1.165, 1.54) is 27.8 Å². The van der Waals surface area contributed by atoms with Crippen molar-refractivity contribution in [3.63, 3.8) is 0 Å². The van der Waals surface area contributed by atoms with Gasteiger partial charge in [-0.3, -0.25) is 0 Å². The predicted molar refractivity (Wildman–Crippen MR) is 77.9 cm³/mol. The molecule has 1 atom stereocenters. The van der Waals surface area contributed by atoms with Crippen LogP contribution in [-0.4, -0.2) is 17.8 Å². The van der Waals surface area contributed by atoms with E-state index in [-0.39, 0.29) is 0 Å². The summed E-state index contributed by atoms with van der Waals surface area (Å²) in [5.74, 6) is 2.25. The number of thiazole rings is 1. The monoisotopic (exact) mass is 270 g/mol. The third-order valence-electron chi connectivity index (χ3n) is 3.27. The molecule has 1 aromatic heterocycles. The fourth-order valence-electron chi connectivity index (χ4n) is 2.47. The maximum absolute atomic E-state index is 4.84.